The predicted molar refractivity (Wildman–Crippen MR) is 85.9 cm³/mol. The van der Waals surface area contributed by atoms with Gasteiger partial charge in [0.1, 0.15) is 0 Å². The molecule has 0 amide bonds. The van der Waals surface area contributed by atoms with Gasteiger partial charge in [-0.05, 0) is 36.5 Å². The number of nitro benzene ring substituents is 1. The molecule has 0 saturated carbocycles. The van der Waals surface area contributed by atoms with Crippen molar-refractivity contribution < 1.29 is 9.72 Å². The quantitative estimate of drug-likeness (QED) is 0.377. The maximum atomic E-state index is 11.9. The van der Waals surface area contributed by atoms with Crippen molar-refractivity contribution >= 4 is 34.5 Å². The highest BCUT2D eigenvalue weighted by Crippen LogP contribution is 2.15. The highest BCUT2D eigenvalue weighted by Gasteiger charge is 2.07. The maximum absolute atomic E-state index is 11.9. The first kappa shape index (κ1) is 15.5. The summed E-state index contributed by atoms with van der Waals surface area (Å²) in [5.74, 6) is -0.116. The van der Waals surface area contributed by atoms with Gasteiger partial charge in [-0.15, -0.1) is 0 Å². The lowest BCUT2D eigenvalue weighted by Crippen LogP contribution is -2.33. The molecule has 2 rings (SSSR count). The molecule has 0 unspecified atom stereocenters. The van der Waals surface area contributed by atoms with Crippen molar-refractivity contribution in [2.45, 2.75) is 0 Å². The van der Waals surface area contributed by atoms with Gasteiger partial charge in [-0.3, -0.25) is 19.9 Å². The molecular weight excluding hydrogens is 304 g/mol. The van der Waals surface area contributed by atoms with Gasteiger partial charge in [0.15, 0.2) is 10.9 Å². The van der Waals surface area contributed by atoms with E-state index in [1.165, 1.54) is 24.3 Å². The van der Waals surface area contributed by atoms with E-state index >= 15 is 0 Å². The minimum absolute atomic E-state index is 0.00251. The smallest absolute Gasteiger partial charge is 0.269 e. The molecule has 22 heavy (non-hydrogen) atoms. The predicted octanol–water partition coefficient (Wildman–Crippen LogP) is 2.16. The van der Waals surface area contributed by atoms with Crippen LogP contribution in [0.1, 0.15) is 10.4 Å². The molecule has 0 radical (unpaired) electrons. The Kier molecular flexibility index (Phi) is 5.10. The van der Waals surface area contributed by atoms with E-state index in [0.717, 1.165) is 0 Å². The summed E-state index contributed by atoms with van der Waals surface area (Å²) in [7, 11) is 0. The molecular formula is C14H12N4O3S. The summed E-state index contributed by atoms with van der Waals surface area (Å²) in [5.41, 5.74) is 1.14. The van der Waals surface area contributed by atoms with Gasteiger partial charge < -0.3 is 10.6 Å². The van der Waals surface area contributed by atoms with Crippen molar-refractivity contribution in [3.63, 3.8) is 0 Å². The molecule has 0 aliphatic heterocycles. The number of nitrogens with zero attached hydrogens (tertiary/aromatic N) is 2. The van der Waals surface area contributed by atoms with E-state index < -0.39 is 4.92 Å². The number of hydrogen-bond donors (Lipinski definition) is 2. The SMILES string of the molecule is O=C(CNC(=S)Nc1ccc([N+](=O)[O-])cc1)c1ccncc1. The molecule has 7 nitrogen and oxygen atoms in total. The van der Waals surface area contributed by atoms with E-state index in [0.29, 0.717) is 11.3 Å². The second-order valence-corrected chi connectivity index (χ2v) is 4.68. The fourth-order valence-corrected chi connectivity index (χ4v) is 1.83. The van der Waals surface area contributed by atoms with E-state index in [4.69, 9.17) is 12.2 Å². The molecule has 8 heteroatoms. The fraction of sp³-hybridized carbons (Fsp3) is 0.0714. The third kappa shape index (κ3) is 4.32. The van der Waals surface area contributed by atoms with Gasteiger partial charge in [-0.25, -0.2) is 0 Å². The molecule has 0 spiro atoms. The summed E-state index contributed by atoms with van der Waals surface area (Å²) in [5, 5.41) is 16.4. The number of nitro groups is 1. The highest BCUT2D eigenvalue weighted by atomic mass is 32.1. The monoisotopic (exact) mass is 316 g/mol. The Morgan fingerprint density at radius 3 is 2.41 bits per heavy atom. The van der Waals surface area contributed by atoms with Crippen LogP contribution in [0, 0.1) is 10.1 Å². The first-order valence-electron chi connectivity index (χ1n) is 6.29. The van der Waals surface area contributed by atoms with E-state index in [-0.39, 0.29) is 23.1 Å². The number of benzene rings is 1. The molecule has 0 fully saturated rings. The molecule has 2 aromatic rings. The zero-order valence-electron chi connectivity index (χ0n) is 11.4. The molecule has 0 saturated heterocycles. The van der Waals surface area contributed by atoms with Crippen LogP contribution >= 0.6 is 12.2 Å². The number of hydrogen-bond acceptors (Lipinski definition) is 5. The topological polar surface area (TPSA) is 97.2 Å². The van der Waals surface area contributed by atoms with Gasteiger partial charge in [0.25, 0.3) is 5.69 Å². The Morgan fingerprint density at radius 1 is 1.18 bits per heavy atom. The Hall–Kier alpha value is -2.87. The Labute approximate surface area is 131 Å². The van der Waals surface area contributed by atoms with Crippen LogP contribution in [0.3, 0.4) is 0 Å². The van der Waals surface area contributed by atoms with Crippen LogP contribution in [0.4, 0.5) is 11.4 Å². The van der Waals surface area contributed by atoms with Crippen LogP contribution < -0.4 is 10.6 Å². The van der Waals surface area contributed by atoms with E-state index in [2.05, 4.69) is 15.6 Å². The molecule has 1 aromatic carbocycles. The van der Waals surface area contributed by atoms with Crippen molar-refractivity contribution in [2.24, 2.45) is 0 Å². The van der Waals surface area contributed by atoms with Gasteiger partial charge in [0, 0.05) is 35.8 Å². The second-order valence-electron chi connectivity index (χ2n) is 4.27. The van der Waals surface area contributed by atoms with E-state index in [1.807, 2.05) is 0 Å². The number of ketones is 1. The average Bonchev–Trinajstić information content (AvgIpc) is 2.54. The summed E-state index contributed by atoms with van der Waals surface area (Å²) >= 11 is 5.07. The molecule has 112 valence electrons. The van der Waals surface area contributed by atoms with Crippen molar-refractivity contribution in [1.29, 1.82) is 0 Å². The van der Waals surface area contributed by atoms with Gasteiger partial charge >= 0.3 is 0 Å². The number of rotatable bonds is 5. The average molecular weight is 316 g/mol. The third-order valence-electron chi connectivity index (χ3n) is 2.75. The van der Waals surface area contributed by atoms with Crippen LogP contribution in [-0.4, -0.2) is 27.3 Å². The van der Waals surface area contributed by atoms with Gasteiger partial charge in [0.2, 0.25) is 0 Å². The summed E-state index contributed by atoms with van der Waals surface area (Å²) in [6.07, 6.45) is 3.08. The number of non-ortho nitro benzene ring substituents is 1. The number of anilines is 1. The lowest BCUT2D eigenvalue weighted by Gasteiger charge is -2.09. The zero-order valence-corrected chi connectivity index (χ0v) is 12.2. The molecule has 0 bridgehead atoms. The standard InChI is InChI=1S/C14H12N4O3S/c19-13(10-5-7-15-8-6-10)9-16-14(22)17-11-1-3-12(4-2-11)18(20)21/h1-8H,9H2,(H2,16,17,22). The number of Topliss-reactive ketones (excluding diaryl/α,β-unsaturated/α-hetero) is 1. The number of aromatic nitrogens is 1. The Morgan fingerprint density at radius 2 is 1.82 bits per heavy atom. The highest BCUT2D eigenvalue weighted by molar-refractivity contribution is 7.80. The van der Waals surface area contributed by atoms with Crippen LogP contribution in [0.25, 0.3) is 0 Å². The van der Waals surface area contributed by atoms with Crippen LogP contribution in [0.15, 0.2) is 48.8 Å². The van der Waals surface area contributed by atoms with Crippen LogP contribution in [-0.2, 0) is 0 Å². The third-order valence-corrected chi connectivity index (χ3v) is 2.99. The fourth-order valence-electron chi connectivity index (χ4n) is 1.64. The first-order chi connectivity index (χ1) is 10.6. The van der Waals surface area contributed by atoms with Gasteiger partial charge in [-0.1, -0.05) is 0 Å². The van der Waals surface area contributed by atoms with Crippen LogP contribution in [0.5, 0.6) is 0 Å². The van der Waals surface area contributed by atoms with Gasteiger partial charge in [-0.2, -0.15) is 0 Å². The first-order valence-corrected chi connectivity index (χ1v) is 6.69. The molecule has 0 aliphatic rings. The van der Waals surface area contributed by atoms with Crippen molar-refractivity contribution in [3.8, 4) is 0 Å². The molecule has 0 aliphatic carbocycles. The Bertz CT molecular complexity index is 689. The summed E-state index contributed by atoms with van der Waals surface area (Å²) < 4.78 is 0. The normalized spacial score (nSPS) is 9.82. The molecule has 2 N–H and O–H groups in total. The molecule has 0 atom stereocenters. The second kappa shape index (κ2) is 7.23. The van der Waals surface area contributed by atoms with Crippen molar-refractivity contribution in [3.05, 3.63) is 64.5 Å². The van der Waals surface area contributed by atoms with Gasteiger partial charge in [0.05, 0.1) is 11.5 Å². The minimum Gasteiger partial charge on any atom is -0.355 e. The number of carbonyl (C=O) groups is 1. The summed E-state index contributed by atoms with van der Waals surface area (Å²) in [6, 6.07) is 9.06. The maximum Gasteiger partial charge on any atom is 0.269 e. The number of carbonyl (C=O) groups excluding carboxylic acids is 1. The lowest BCUT2D eigenvalue weighted by atomic mass is 10.2. The van der Waals surface area contributed by atoms with E-state index in [9.17, 15) is 14.9 Å². The van der Waals surface area contributed by atoms with Crippen molar-refractivity contribution in [2.75, 3.05) is 11.9 Å². The van der Waals surface area contributed by atoms with Crippen LogP contribution in [0.2, 0.25) is 0 Å². The van der Waals surface area contributed by atoms with E-state index in [1.54, 1.807) is 24.5 Å². The summed E-state index contributed by atoms with van der Waals surface area (Å²) in [4.78, 5) is 25.8. The zero-order chi connectivity index (χ0) is 15.9. The lowest BCUT2D eigenvalue weighted by molar-refractivity contribution is -0.384. The molecule has 1 aromatic heterocycles. The van der Waals surface area contributed by atoms with Crippen molar-refractivity contribution in [1.82, 2.24) is 10.3 Å². The number of pyridine rings is 1. The summed E-state index contributed by atoms with van der Waals surface area (Å²) in [6.45, 7) is 0.0445. The largest absolute Gasteiger partial charge is 0.355 e. The molecule has 1 heterocycles. The Balaban J connectivity index is 1.85. The minimum atomic E-state index is -0.478. The number of thiocarbonyl (C=S) groups is 1. The number of nitrogens with one attached hydrogen (secondary N) is 2.